The monoisotopic (exact) mass is 541 g/mol. The lowest BCUT2D eigenvalue weighted by Gasteiger charge is -2.34. The topological polar surface area (TPSA) is 59.4 Å². The van der Waals surface area contributed by atoms with Crippen molar-refractivity contribution in [3.63, 3.8) is 0 Å². The minimum atomic E-state index is -0.861. The minimum absolute atomic E-state index is 0.121. The van der Waals surface area contributed by atoms with Gasteiger partial charge in [-0.1, -0.05) is 56.0 Å². The highest BCUT2D eigenvalue weighted by atomic mass is 32.2. The number of carbonyl (C=O) groups is 1. The van der Waals surface area contributed by atoms with Gasteiger partial charge in [-0.05, 0) is 96.5 Å². The summed E-state index contributed by atoms with van der Waals surface area (Å²) >= 11 is 1.89. The highest BCUT2D eigenvalue weighted by molar-refractivity contribution is 7.99. The van der Waals surface area contributed by atoms with Crippen molar-refractivity contribution in [2.75, 3.05) is 18.6 Å². The van der Waals surface area contributed by atoms with E-state index in [9.17, 15) is 9.90 Å². The molecule has 0 spiro atoms. The fraction of sp³-hybridized carbons (Fsp3) is 0.412. The highest BCUT2D eigenvalue weighted by Crippen LogP contribution is 2.41. The Morgan fingerprint density at radius 3 is 2.31 bits per heavy atom. The van der Waals surface area contributed by atoms with E-state index in [0.717, 1.165) is 65.0 Å². The van der Waals surface area contributed by atoms with Crippen molar-refractivity contribution in [2.24, 2.45) is 0 Å². The maximum atomic E-state index is 11.8. The molecule has 0 atom stereocenters. The third-order valence-electron chi connectivity index (χ3n) is 8.20. The summed E-state index contributed by atoms with van der Waals surface area (Å²) in [6.45, 7) is 8.77. The molecule has 1 aromatic heterocycles. The molecule has 0 bridgehead atoms. The van der Waals surface area contributed by atoms with Gasteiger partial charge in [0.25, 0.3) is 0 Å². The molecule has 0 amide bonds. The van der Waals surface area contributed by atoms with Gasteiger partial charge in [-0.3, -0.25) is 9.78 Å². The van der Waals surface area contributed by atoms with Crippen molar-refractivity contribution in [1.82, 2.24) is 4.98 Å². The van der Waals surface area contributed by atoms with Crippen LogP contribution in [0.5, 0.6) is 0 Å². The van der Waals surface area contributed by atoms with E-state index in [0.29, 0.717) is 0 Å². The van der Waals surface area contributed by atoms with Crippen LogP contribution in [0.15, 0.2) is 54.9 Å². The number of thioether (sulfide) groups is 1. The van der Waals surface area contributed by atoms with Crippen LogP contribution in [0.2, 0.25) is 0 Å². The van der Waals surface area contributed by atoms with Crippen molar-refractivity contribution in [3.8, 4) is 23.0 Å². The van der Waals surface area contributed by atoms with Crippen LogP contribution in [-0.2, 0) is 21.4 Å². The van der Waals surface area contributed by atoms with Gasteiger partial charge in [0.2, 0.25) is 0 Å². The van der Waals surface area contributed by atoms with Crippen LogP contribution in [0.1, 0.15) is 72.9 Å². The summed E-state index contributed by atoms with van der Waals surface area (Å²) in [7, 11) is 1.40. The number of ether oxygens (including phenoxy) is 1. The number of nitrogens with zero attached hydrogens (tertiary/aromatic N) is 1. The van der Waals surface area contributed by atoms with Crippen LogP contribution in [0, 0.1) is 25.7 Å². The Bertz CT molecular complexity index is 1390. The Labute approximate surface area is 237 Å². The highest BCUT2D eigenvalue weighted by Gasteiger charge is 2.32. The second kappa shape index (κ2) is 12.4. The molecule has 39 heavy (non-hydrogen) atoms. The molecule has 1 N–H and O–H groups in total. The zero-order chi connectivity index (χ0) is 28.0. The van der Waals surface area contributed by atoms with Gasteiger partial charge in [0.15, 0.2) is 0 Å². The van der Waals surface area contributed by atoms with Gasteiger partial charge in [-0.25, -0.2) is 0 Å². The van der Waals surface area contributed by atoms with Crippen LogP contribution in [0.4, 0.5) is 0 Å². The van der Waals surface area contributed by atoms with Gasteiger partial charge < -0.3 is 9.84 Å². The molecule has 1 aliphatic rings. The maximum absolute atomic E-state index is 11.8. The number of pyridine rings is 1. The summed E-state index contributed by atoms with van der Waals surface area (Å²) in [5.74, 6) is 8.13. The average Bonchev–Trinajstić information content (AvgIpc) is 2.94. The molecule has 2 heterocycles. The number of hydrogen-bond acceptors (Lipinski definition) is 5. The van der Waals surface area contributed by atoms with Crippen LogP contribution in [-0.4, -0.2) is 40.3 Å². The summed E-state index contributed by atoms with van der Waals surface area (Å²) in [6, 6.07) is 15.4. The van der Waals surface area contributed by atoms with E-state index in [-0.39, 0.29) is 17.8 Å². The quantitative estimate of drug-likeness (QED) is 0.263. The standard InChI is InChI=1S/C34H39NO3S/c1-6-34(7-2,29-9-8-27(24(3)18-29)12-13-33(37)14-16-39-17-15-33)30-10-11-31(25(4)19-30)28-20-26(22-35-23-28)21-32(36)38-5/h8-11,18-20,22-23,37H,6-7,14-17,21H2,1-5H3. The third-order valence-corrected chi connectivity index (χ3v) is 9.18. The SMILES string of the molecule is CCC(CC)(c1ccc(C#CC2(O)CCSCC2)c(C)c1)c1ccc(-c2cncc(CC(=O)OC)c2)c(C)c1. The van der Waals surface area contributed by atoms with E-state index in [1.54, 1.807) is 6.20 Å². The average molecular weight is 542 g/mol. The molecule has 5 heteroatoms. The first-order valence-electron chi connectivity index (χ1n) is 13.8. The Balaban J connectivity index is 1.65. The second-order valence-corrected chi connectivity index (χ2v) is 11.8. The molecule has 1 aliphatic heterocycles. The van der Waals surface area contributed by atoms with Crippen molar-refractivity contribution in [2.45, 2.75) is 70.8 Å². The molecule has 3 aromatic rings. The van der Waals surface area contributed by atoms with Gasteiger partial charge in [0, 0.05) is 28.9 Å². The summed E-state index contributed by atoms with van der Waals surface area (Å²) in [4.78, 5) is 16.1. The molecular weight excluding hydrogens is 502 g/mol. The lowest BCUT2D eigenvalue weighted by atomic mass is 9.69. The predicted molar refractivity (Wildman–Crippen MR) is 161 cm³/mol. The van der Waals surface area contributed by atoms with Gasteiger partial charge >= 0.3 is 5.97 Å². The van der Waals surface area contributed by atoms with E-state index < -0.39 is 5.60 Å². The number of hydrogen-bond donors (Lipinski definition) is 1. The number of esters is 1. The van der Waals surface area contributed by atoms with Crippen LogP contribution < -0.4 is 0 Å². The summed E-state index contributed by atoms with van der Waals surface area (Å²) in [5.41, 5.74) is 7.85. The zero-order valence-electron chi connectivity index (χ0n) is 23.8. The first kappa shape index (κ1) is 28.9. The lowest BCUT2D eigenvalue weighted by molar-refractivity contribution is -0.139. The maximum Gasteiger partial charge on any atom is 0.310 e. The smallest absolute Gasteiger partial charge is 0.310 e. The van der Waals surface area contributed by atoms with E-state index in [4.69, 9.17) is 4.74 Å². The van der Waals surface area contributed by atoms with Gasteiger partial charge in [-0.15, -0.1) is 0 Å². The molecule has 0 radical (unpaired) electrons. The summed E-state index contributed by atoms with van der Waals surface area (Å²) in [6.07, 6.45) is 7.19. The molecule has 1 fully saturated rings. The molecular formula is C34H39NO3S. The Morgan fingerprint density at radius 2 is 1.69 bits per heavy atom. The first-order valence-corrected chi connectivity index (χ1v) is 15.0. The molecule has 0 aliphatic carbocycles. The third kappa shape index (κ3) is 6.40. The Kier molecular flexibility index (Phi) is 9.20. The van der Waals surface area contributed by atoms with Crippen molar-refractivity contribution in [3.05, 3.63) is 88.2 Å². The van der Waals surface area contributed by atoms with Crippen LogP contribution in [0.3, 0.4) is 0 Å². The Hall–Kier alpha value is -3.07. The fourth-order valence-electron chi connectivity index (χ4n) is 5.61. The van der Waals surface area contributed by atoms with E-state index >= 15 is 0 Å². The number of aliphatic hydroxyl groups is 1. The minimum Gasteiger partial charge on any atom is -0.469 e. The van der Waals surface area contributed by atoms with Crippen molar-refractivity contribution in [1.29, 1.82) is 0 Å². The lowest BCUT2D eigenvalue weighted by Crippen LogP contribution is -2.31. The predicted octanol–water partition coefficient (Wildman–Crippen LogP) is 6.80. The Morgan fingerprint density at radius 1 is 1.03 bits per heavy atom. The zero-order valence-corrected chi connectivity index (χ0v) is 24.6. The molecule has 1 saturated heterocycles. The van der Waals surface area contributed by atoms with Gasteiger partial charge in [-0.2, -0.15) is 11.8 Å². The van der Waals surface area contributed by atoms with E-state index in [1.165, 1.54) is 23.8 Å². The number of aromatic nitrogens is 1. The number of methoxy groups -OCH3 is 1. The summed E-state index contributed by atoms with van der Waals surface area (Å²) in [5, 5.41) is 10.8. The molecule has 204 valence electrons. The van der Waals surface area contributed by atoms with Gasteiger partial charge in [0.1, 0.15) is 5.60 Å². The van der Waals surface area contributed by atoms with Crippen molar-refractivity contribution < 1.29 is 14.6 Å². The van der Waals surface area contributed by atoms with E-state index in [2.05, 4.69) is 80.9 Å². The number of rotatable bonds is 7. The molecule has 0 saturated carbocycles. The molecule has 0 unspecified atom stereocenters. The molecule has 2 aromatic carbocycles. The number of aryl methyl sites for hydroxylation is 2. The van der Waals surface area contributed by atoms with Crippen molar-refractivity contribution >= 4 is 17.7 Å². The van der Waals surface area contributed by atoms with Gasteiger partial charge in [0.05, 0.1) is 13.5 Å². The summed E-state index contributed by atoms with van der Waals surface area (Å²) < 4.78 is 4.82. The fourth-order valence-corrected chi connectivity index (χ4v) is 6.78. The normalized spacial score (nSPS) is 14.8. The largest absolute Gasteiger partial charge is 0.469 e. The first-order chi connectivity index (χ1) is 18.7. The number of carbonyl (C=O) groups excluding carboxylic acids is 1. The van der Waals surface area contributed by atoms with E-state index in [1.807, 2.05) is 24.0 Å². The molecule has 4 nitrogen and oxygen atoms in total. The second-order valence-electron chi connectivity index (χ2n) is 10.6. The number of benzene rings is 2. The van der Waals surface area contributed by atoms with Crippen LogP contribution >= 0.6 is 11.8 Å². The molecule has 4 rings (SSSR count). The van der Waals surface area contributed by atoms with Crippen LogP contribution in [0.25, 0.3) is 11.1 Å².